The van der Waals surface area contributed by atoms with E-state index in [4.69, 9.17) is 9.84 Å². The predicted molar refractivity (Wildman–Crippen MR) is 44.1 cm³/mol. The fourth-order valence-corrected chi connectivity index (χ4v) is 1.25. The van der Waals surface area contributed by atoms with Crippen molar-refractivity contribution >= 4 is 6.09 Å². The summed E-state index contributed by atoms with van der Waals surface area (Å²) in [7, 11) is 0. The number of hydrogen-bond donors (Lipinski definition) is 2. The lowest BCUT2D eigenvalue weighted by Gasteiger charge is -2.28. The lowest BCUT2D eigenvalue weighted by Crippen LogP contribution is -2.46. The average Bonchev–Trinajstić information content (AvgIpc) is 2.60. The number of epoxide rings is 1. The van der Waals surface area contributed by atoms with E-state index in [0.29, 0.717) is 6.61 Å². The lowest BCUT2D eigenvalue weighted by molar-refractivity contribution is 0.162. The fraction of sp³-hybridized carbons (Fsp3) is 0.875. The molecule has 0 aromatic heterocycles. The van der Waals surface area contributed by atoms with E-state index < -0.39 is 6.09 Å². The Bertz CT molecular complexity index is 181. The van der Waals surface area contributed by atoms with Crippen molar-refractivity contribution in [1.82, 2.24) is 5.32 Å². The number of amides is 1. The zero-order chi connectivity index (χ0) is 9.35. The molecule has 1 rings (SSSR count). The van der Waals surface area contributed by atoms with Crippen molar-refractivity contribution in [3.8, 4) is 0 Å². The van der Waals surface area contributed by atoms with Crippen LogP contribution in [0.4, 0.5) is 4.79 Å². The standard InChI is InChI=1S/C8H15NO3/c1-8(2,3)6(5-4-12-5)9-7(10)11/h5-6,9H,4H2,1-3H3,(H,10,11). The summed E-state index contributed by atoms with van der Waals surface area (Å²) in [5.41, 5.74) is -0.0838. The van der Waals surface area contributed by atoms with Crippen LogP contribution in [0.25, 0.3) is 0 Å². The minimum absolute atomic E-state index is 0.0705. The molecule has 1 aliphatic heterocycles. The molecule has 0 saturated carbocycles. The zero-order valence-electron chi connectivity index (χ0n) is 7.63. The van der Waals surface area contributed by atoms with Crippen molar-refractivity contribution in [3.05, 3.63) is 0 Å². The van der Waals surface area contributed by atoms with Gasteiger partial charge in [0.2, 0.25) is 0 Å². The highest BCUT2D eigenvalue weighted by molar-refractivity contribution is 5.65. The molecule has 0 bridgehead atoms. The number of carboxylic acid groups (broad SMARTS) is 1. The van der Waals surface area contributed by atoms with Gasteiger partial charge in [-0.2, -0.15) is 0 Å². The molecule has 1 amide bonds. The molecule has 4 nitrogen and oxygen atoms in total. The third-order valence-corrected chi connectivity index (χ3v) is 1.94. The molecule has 2 atom stereocenters. The van der Waals surface area contributed by atoms with Crippen molar-refractivity contribution in [3.63, 3.8) is 0 Å². The largest absolute Gasteiger partial charge is 0.465 e. The molecule has 70 valence electrons. The van der Waals surface area contributed by atoms with Gasteiger partial charge in [-0.3, -0.25) is 0 Å². The maximum Gasteiger partial charge on any atom is 0.404 e. The Labute approximate surface area is 71.9 Å². The fourth-order valence-electron chi connectivity index (χ4n) is 1.25. The van der Waals surface area contributed by atoms with Gasteiger partial charge in [0.05, 0.1) is 12.6 Å². The molecule has 0 radical (unpaired) electrons. The quantitative estimate of drug-likeness (QED) is 0.614. The van der Waals surface area contributed by atoms with Gasteiger partial charge in [0, 0.05) is 0 Å². The van der Waals surface area contributed by atoms with Crippen LogP contribution in [-0.2, 0) is 4.74 Å². The predicted octanol–water partition coefficient (Wildman–Crippen LogP) is 1.07. The summed E-state index contributed by atoms with van der Waals surface area (Å²) in [5, 5.41) is 11.0. The van der Waals surface area contributed by atoms with E-state index in [2.05, 4.69) is 5.32 Å². The van der Waals surface area contributed by atoms with Gasteiger partial charge >= 0.3 is 6.09 Å². The molecule has 1 saturated heterocycles. The van der Waals surface area contributed by atoms with Crippen LogP contribution < -0.4 is 5.32 Å². The number of ether oxygens (including phenoxy) is 1. The number of nitrogens with one attached hydrogen (secondary N) is 1. The second kappa shape index (κ2) is 2.94. The average molecular weight is 173 g/mol. The summed E-state index contributed by atoms with van der Waals surface area (Å²) >= 11 is 0. The second-order valence-corrected chi connectivity index (χ2v) is 4.16. The minimum atomic E-state index is -0.981. The molecule has 0 spiro atoms. The molecule has 1 heterocycles. The highest BCUT2D eigenvalue weighted by Crippen LogP contribution is 2.29. The Morgan fingerprint density at radius 2 is 2.17 bits per heavy atom. The molecule has 0 aliphatic carbocycles. The van der Waals surface area contributed by atoms with Crippen LogP contribution in [0.3, 0.4) is 0 Å². The molecule has 0 aromatic rings. The van der Waals surface area contributed by atoms with Crippen LogP contribution in [0.15, 0.2) is 0 Å². The SMILES string of the molecule is CC(C)(C)C(NC(=O)O)C1CO1. The van der Waals surface area contributed by atoms with Gasteiger partial charge in [0.15, 0.2) is 0 Å². The van der Waals surface area contributed by atoms with E-state index in [1.165, 1.54) is 0 Å². The number of rotatable bonds is 2. The molecular formula is C8H15NO3. The van der Waals surface area contributed by atoms with Gasteiger partial charge in [-0.1, -0.05) is 20.8 Å². The first kappa shape index (κ1) is 9.32. The van der Waals surface area contributed by atoms with E-state index in [1.807, 2.05) is 20.8 Å². The first-order valence-electron chi connectivity index (χ1n) is 4.02. The third kappa shape index (κ3) is 2.37. The van der Waals surface area contributed by atoms with Crippen LogP contribution in [0.5, 0.6) is 0 Å². The normalized spacial score (nSPS) is 24.8. The Morgan fingerprint density at radius 3 is 2.42 bits per heavy atom. The van der Waals surface area contributed by atoms with Crippen molar-refractivity contribution in [2.45, 2.75) is 32.9 Å². The van der Waals surface area contributed by atoms with E-state index in [-0.39, 0.29) is 17.6 Å². The summed E-state index contributed by atoms with van der Waals surface area (Å²) in [4.78, 5) is 10.4. The zero-order valence-corrected chi connectivity index (χ0v) is 7.63. The van der Waals surface area contributed by atoms with Crippen molar-refractivity contribution in [2.75, 3.05) is 6.61 Å². The van der Waals surface area contributed by atoms with E-state index in [9.17, 15) is 4.79 Å². The number of hydrogen-bond acceptors (Lipinski definition) is 2. The van der Waals surface area contributed by atoms with Gasteiger partial charge in [0.1, 0.15) is 6.10 Å². The molecule has 2 unspecified atom stereocenters. The van der Waals surface area contributed by atoms with Gasteiger partial charge in [-0.25, -0.2) is 4.79 Å². The highest BCUT2D eigenvalue weighted by Gasteiger charge is 2.41. The van der Waals surface area contributed by atoms with Crippen LogP contribution >= 0.6 is 0 Å². The Morgan fingerprint density at radius 1 is 1.67 bits per heavy atom. The second-order valence-electron chi connectivity index (χ2n) is 4.16. The highest BCUT2D eigenvalue weighted by atomic mass is 16.6. The molecule has 2 N–H and O–H groups in total. The van der Waals surface area contributed by atoms with Crippen LogP contribution in [0.1, 0.15) is 20.8 Å². The molecular weight excluding hydrogens is 158 g/mol. The van der Waals surface area contributed by atoms with Crippen LogP contribution in [0.2, 0.25) is 0 Å². The lowest BCUT2D eigenvalue weighted by atomic mass is 9.85. The van der Waals surface area contributed by atoms with Crippen LogP contribution in [-0.4, -0.2) is 30.0 Å². The van der Waals surface area contributed by atoms with E-state index >= 15 is 0 Å². The number of carbonyl (C=O) groups is 1. The monoisotopic (exact) mass is 173 g/mol. The smallest absolute Gasteiger partial charge is 0.404 e. The summed E-state index contributed by atoms with van der Waals surface area (Å²) in [6.07, 6.45) is -0.911. The Kier molecular flexibility index (Phi) is 2.28. The molecule has 4 heteroatoms. The topological polar surface area (TPSA) is 61.9 Å². The summed E-state index contributed by atoms with van der Waals surface area (Å²) in [6.45, 7) is 6.65. The maximum atomic E-state index is 10.4. The molecule has 1 aliphatic rings. The molecule has 0 aromatic carbocycles. The van der Waals surface area contributed by atoms with Crippen molar-refractivity contribution < 1.29 is 14.6 Å². The van der Waals surface area contributed by atoms with Crippen LogP contribution in [0, 0.1) is 5.41 Å². The first-order chi connectivity index (χ1) is 5.41. The first-order valence-corrected chi connectivity index (χ1v) is 4.02. The summed E-state index contributed by atoms with van der Waals surface area (Å²) in [5.74, 6) is 0. The molecule has 12 heavy (non-hydrogen) atoms. The Hall–Kier alpha value is -0.770. The maximum absolute atomic E-state index is 10.4. The Balaban J connectivity index is 2.54. The van der Waals surface area contributed by atoms with E-state index in [1.54, 1.807) is 0 Å². The molecule has 1 fully saturated rings. The van der Waals surface area contributed by atoms with E-state index in [0.717, 1.165) is 0 Å². The summed E-state index contributed by atoms with van der Waals surface area (Å²) in [6, 6.07) is -0.102. The van der Waals surface area contributed by atoms with Gasteiger partial charge in [-0.05, 0) is 5.41 Å². The van der Waals surface area contributed by atoms with Crippen molar-refractivity contribution in [2.24, 2.45) is 5.41 Å². The minimum Gasteiger partial charge on any atom is -0.465 e. The van der Waals surface area contributed by atoms with Gasteiger partial charge in [0.25, 0.3) is 0 Å². The third-order valence-electron chi connectivity index (χ3n) is 1.94. The summed E-state index contributed by atoms with van der Waals surface area (Å²) < 4.78 is 5.07. The van der Waals surface area contributed by atoms with Gasteiger partial charge in [-0.15, -0.1) is 0 Å². The van der Waals surface area contributed by atoms with Gasteiger partial charge < -0.3 is 15.2 Å². The van der Waals surface area contributed by atoms with Crippen molar-refractivity contribution in [1.29, 1.82) is 0 Å².